The molecule has 0 saturated heterocycles. The Morgan fingerprint density at radius 2 is 1.79 bits per heavy atom. The Hall–Kier alpha value is -1.96. The minimum absolute atomic E-state index is 0.237. The number of ether oxygens (including phenoxy) is 2. The third-order valence-corrected chi connectivity index (χ3v) is 1.89. The maximum absolute atomic E-state index is 11.9. The number of nitrogens with two attached hydrogens (primary N) is 1. The summed E-state index contributed by atoms with van der Waals surface area (Å²) in [5.74, 6) is -0.453. The van der Waals surface area contributed by atoms with Crippen molar-refractivity contribution in [1.82, 2.24) is 5.32 Å². The molecule has 8 heteroatoms. The van der Waals surface area contributed by atoms with Crippen molar-refractivity contribution in [2.75, 3.05) is 19.7 Å². The number of amides is 1. The van der Waals surface area contributed by atoms with Gasteiger partial charge in [0.05, 0.1) is 0 Å². The lowest BCUT2D eigenvalue weighted by Gasteiger charge is -2.10. The fourth-order valence-corrected chi connectivity index (χ4v) is 1.15. The molecule has 0 aliphatic heterocycles. The predicted octanol–water partition coefficient (Wildman–Crippen LogP) is 1.04. The first kappa shape index (κ1) is 15.1. The minimum atomic E-state index is -4.73. The zero-order chi connectivity index (χ0) is 14.3. The Morgan fingerprint density at radius 3 is 2.32 bits per heavy atom. The average molecular weight is 278 g/mol. The average Bonchev–Trinajstić information content (AvgIpc) is 2.33. The molecule has 0 spiro atoms. The van der Waals surface area contributed by atoms with Crippen LogP contribution in [0, 0.1) is 0 Å². The molecule has 0 bridgehead atoms. The van der Waals surface area contributed by atoms with Crippen LogP contribution in [-0.4, -0.2) is 32.0 Å². The summed E-state index contributed by atoms with van der Waals surface area (Å²) in [5.41, 5.74) is 5.19. The van der Waals surface area contributed by atoms with Crippen LogP contribution in [0.1, 0.15) is 0 Å². The Labute approximate surface area is 107 Å². The summed E-state index contributed by atoms with van der Waals surface area (Å²) in [5, 5.41) is 2.48. The summed E-state index contributed by atoms with van der Waals surface area (Å²) in [4.78, 5) is 11.2. The first-order valence-corrected chi connectivity index (χ1v) is 5.36. The molecule has 0 fully saturated rings. The largest absolute Gasteiger partial charge is 0.573 e. The van der Waals surface area contributed by atoms with E-state index in [0.717, 1.165) is 12.1 Å². The summed E-state index contributed by atoms with van der Waals surface area (Å²) >= 11 is 0. The third kappa shape index (κ3) is 6.51. The van der Waals surface area contributed by atoms with E-state index in [4.69, 9.17) is 10.5 Å². The number of hydrogen-bond acceptors (Lipinski definition) is 4. The van der Waals surface area contributed by atoms with E-state index < -0.39 is 6.36 Å². The topological polar surface area (TPSA) is 73.6 Å². The van der Waals surface area contributed by atoms with E-state index in [1.807, 2.05) is 0 Å². The van der Waals surface area contributed by atoms with Gasteiger partial charge in [-0.05, 0) is 24.3 Å². The highest BCUT2D eigenvalue weighted by Gasteiger charge is 2.30. The molecule has 0 radical (unpaired) electrons. The number of halogens is 3. The van der Waals surface area contributed by atoms with Gasteiger partial charge in [0.25, 0.3) is 5.91 Å². The molecule has 19 heavy (non-hydrogen) atoms. The van der Waals surface area contributed by atoms with Crippen molar-refractivity contribution in [2.24, 2.45) is 5.73 Å². The van der Waals surface area contributed by atoms with Gasteiger partial charge in [-0.15, -0.1) is 13.2 Å². The second kappa shape index (κ2) is 6.83. The maximum Gasteiger partial charge on any atom is 0.573 e. The van der Waals surface area contributed by atoms with Crippen LogP contribution in [0.15, 0.2) is 24.3 Å². The maximum atomic E-state index is 11.9. The van der Waals surface area contributed by atoms with Crippen LogP contribution in [0.4, 0.5) is 13.2 Å². The van der Waals surface area contributed by atoms with Crippen LogP contribution in [0.25, 0.3) is 0 Å². The highest BCUT2D eigenvalue weighted by atomic mass is 19.4. The summed E-state index contributed by atoms with van der Waals surface area (Å²) in [6, 6.07) is 4.75. The Balaban J connectivity index is 2.42. The Bertz CT molecular complexity index is 407. The van der Waals surface area contributed by atoms with Gasteiger partial charge in [0.1, 0.15) is 11.5 Å². The van der Waals surface area contributed by atoms with E-state index in [0.29, 0.717) is 13.1 Å². The van der Waals surface area contributed by atoms with Gasteiger partial charge in [0.15, 0.2) is 6.61 Å². The van der Waals surface area contributed by atoms with Crippen molar-refractivity contribution < 1.29 is 27.4 Å². The summed E-state index contributed by atoms with van der Waals surface area (Å²) in [6.45, 7) is 0.412. The quantitative estimate of drug-likeness (QED) is 0.815. The highest BCUT2D eigenvalue weighted by Crippen LogP contribution is 2.24. The van der Waals surface area contributed by atoms with Crippen LogP contribution in [0.5, 0.6) is 11.5 Å². The van der Waals surface area contributed by atoms with Crippen molar-refractivity contribution >= 4 is 5.91 Å². The highest BCUT2D eigenvalue weighted by molar-refractivity contribution is 5.77. The van der Waals surface area contributed by atoms with E-state index >= 15 is 0 Å². The Morgan fingerprint density at radius 1 is 1.21 bits per heavy atom. The van der Waals surface area contributed by atoms with Crippen LogP contribution in [0.3, 0.4) is 0 Å². The Kier molecular flexibility index (Phi) is 5.43. The smallest absolute Gasteiger partial charge is 0.484 e. The molecule has 1 aromatic rings. The van der Waals surface area contributed by atoms with Gasteiger partial charge in [-0.1, -0.05) is 0 Å². The zero-order valence-corrected chi connectivity index (χ0v) is 9.87. The van der Waals surface area contributed by atoms with Gasteiger partial charge in [-0.25, -0.2) is 0 Å². The van der Waals surface area contributed by atoms with Crippen molar-refractivity contribution in [3.63, 3.8) is 0 Å². The number of benzene rings is 1. The van der Waals surface area contributed by atoms with Crippen molar-refractivity contribution in [3.05, 3.63) is 24.3 Å². The molecule has 1 rings (SSSR count). The summed E-state index contributed by atoms with van der Waals surface area (Å²) in [6.07, 6.45) is -4.73. The SMILES string of the molecule is NCCNC(=O)COc1ccc(OC(F)(F)F)cc1. The van der Waals surface area contributed by atoms with Crippen LogP contribution in [-0.2, 0) is 4.79 Å². The molecule has 106 valence electrons. The van der Waals surface area contributed by atoms with E-state index in [1.165, 1.54) is 12.1 Å². The van der Waals surface area contributed by atoms with Crippen molar-refractivity contribution in [3.8, 4) is 11.5 Å². The molecule has 0 unspecified atom stereocenters. The third-order valence-electron chi connectivity index (χ3n) is 1.89. The first-order chi connectivity index (χ1) is 8.90. The number of carbonyl (C=O) groups excluding carboxylic acids is 1. The minimum Gasteiger partial charge on any atom is -0.484 e. The van der Waals surface area contributed by atoms with E-state index in [2.05, 4.69) is 10.1 Å². The normalized spacial score (nSPS) is 10.9. The fraction of sp³-hybridized carbons (Fsp3) is 0.364. The molecule has 5 nitrogen and oxygen atoms in total. The number of rotatable bonds is 6. The zero-order valence-electron chi connectivity index (χ0n) is 9.87. The van der Waals surface area contributed by atoms with Gasteiger partial charge in [0.2, 0.25) is 0 Å². The lowest BCUT2D eigenvalue weighted by atomic mass is 10.3. The second-order valence-corrected chi connectivity index (χ2v) is 3.45. The molecule has 0 saturated carbocycles. The molecule has 1 aromatic carbocycles. The van der Waals surface area contributed by atoms with E-state index in [9.17, 15) is 18.0 Å². The summed E-state index contributed by atoms with van der Waals surface area (Å²) in [7, 11) is 0. The van der Waals surface area contributed by atoms with Crippen LogP contribution in [0.2, 0.25) is 0 Å². The second-order valence-electron chi connectivity index (χ2n) is 3.45. The van der Waals surface area contributed by atoms with Gasteiger partial charge < -0.3 is 20.5 Å². The van der Waals surface area contributed by atoms with Crippen LogP contribution < -0.4 is 20.5 Å². The van der Waals surface area contributed by atoms with Crippen molar-refractivity contribution in [2.45, 2.75) is 6.36 Å². The molecule has 0 aliphatic rings. The summed E-state index contributed by atoms with van der Waals surface area (Å²) < 4.78 is 44.4. The monoisotopic (exact) mass is 278 g/mol. The molecular formula is C11H13F3N2O3. The van der Waals surface area contributed by atoms with E-state index in [-0.39, 0.29) is 24.0 Å². The fourth-order valence-electron chi connectivity index (χ4n) is 1.15. The predicted molar refractivity (Wildman–Crippen MR) is 60.7 cm³/mol. The van der Waals surface area contributed by atoms with Gasteiger partial charge >= 0.3 is 6.36 Å². The van der Waals surface area contributed by atoms with Gasteiger partial charge in [-0.3, -0.25) is 4.79 Å². The molecule has 1 amide bonds. The molecule has 0 heterocycles. The molecule has 0 atom stereocenters. The number of nitrogens with one attached hydrogen (secondary N) is 1. The van der Waals surface area contributed by atoms with Gasteiger partial charge in [-0.2, -0.15) is 0 Å². The van der Waals surface area contributed by atoms with E-state index in [1.54, 1.807) is 0 Å². The molecule has 0 aliphatic carbocycles. The number of hydrogen-bond donors (Lipinski definition) is 2. The number of carbonyl (C=O) groups is 1. The standard InChI is InChI=1S/C11H13F3N2O3/c12-11(13,14)19-9-3-1-8(2-4-9)18-7-10(17)16-6-5-15/h1-4H,5-7,15H2,(H,16,17). The molecule has 0 aromatic heterocycles. The van der Waals surface area contributed by atoms with Crippen molar-refractivity contribution in [1.29, 1.82) is 0 Å². The van der Waals surface area contributed by atoms with Gasteiger partial charge in [0, 0.05) is 13.1 Å². The lowest BCUT2D eigenvalue weighted by molar-refractivity contribution is -0.274. The first-order valence-electron chi connectivity index (χ1n) is 5.36. The molecule has 3 N–H and O–H groups in total. The molecular weight excluding hydrogens is 265 g/mol. The number of alkyl halides is 3. The lowest BCUT2D eigenvalue weighted by Crippen LogP contribution is -2.32. The van der Waals surface area contributed by atoms with Crippen LogP contribution >= 0.6 is 0 Å².